The number of nitrogens with zero attached hydrogens (tertiary/aromatic N) is 3. The van der Waals surface area contributed by atoms with E-state index in [-0.39, 0.29) is 11.8 Å². The molecule has 2 aliphatic rings. The standard InChI is InChI=1S/C21H21F3N4O2S/c22-21(23,24)15-3-5-18(25-13-15)27-7-1-8-28(10-9-27)20(30)14-2-4-17-16(12-14)26-19(29)6-11-31-17/h2-5,12-13H,1,6-11H2,(H,26,29). The summed E-state index contributed by atoms with van der Waals surface area (Å²) in [6.45, 7) is 2.04. The first-order valence-corrected chi connectivity index (χ1v) is 10.9. The smallest absolute Gasteiger partial charge is 0.355 e. The Morgan fingerprint density at radius 3 is 2.68 bits per heavy atom. The first kappa shape index (κ1) is 21.5. The topological polar surface area (TPSA) is 65.5 Å². The van der Waals surface area contributed by atoms with Crippen LogP contribution >= 0.6 is 11.8 Å². The lowest BCUT2D eigenvalue weighted by Crippen LogP contribution is -2.35. The molecule has 4 rings (SSSR count). The lowest BCUT2D eigenvalue weighted by Gasteiger charge is -2.23. The van der Waals surface area contributed by atoms with Crippen molar-refractivity contribution in [3.05, 3.63) is 47.7 Å². The molecule has 1 saturated heterocycles. The molecule has 0 spiro atoms. The van der Waals surface area contributed by atoms with E-state index in [1.807, 2.05) is 11.0 Å². The number of hydrogen-bond donors (Lipinski definition) is 1. The Kier molecular flexibility index (Phi) is 6.08. The molecule has 0 saturated carbocycles. The molecule has 2 amide bonds. The molecule has 10 heteroatoms. The zero-order chi connectivity index (χ0) is 22.0. The van der Waals surface area contributed by atoms with Gasteiger partial charge in [-0.2, -0.15) is 13.2 Å². The number of aromatic nitrogens is 1. The van der Waals surface area contributed by atoms with Gasteiger partial charge < -0.3 is 15.1 Å². The molecule has 1 aromatic heterocycles. The van der Waals surface area contributed by atoms with E-state index in [1.54, 1.807) is 28.8 Å². The molecular formula is C21H21F3N4O2S. The average Bonchev–Trinajstić information content (AvgIpc) is 3.10. The van der Waals surface area contributed by atoms with Gasteiger partial charge in [-0.25, -0.2) is 4.98 Å². The van der Waals surface area contributed by atoms with Crippen LogP contribution in [-0.4, -0.2) is 53.6 Å². The van der Waals surface area contributed by atoms with Crippen molar-refractivity contribution >= 4 is 35.1 Å². The number of halogens is 3. The van der Waals surface area contributed by atoms with Crippen molar-refractivity contribution in [2.45, 2.75) is 23.9 Å². The second kappa shape index (κ2) is 8.78. The number of carbonyl (C=O) groups excluding carboxylic acids is 2. The molecule has 0 radical (unpaired) electrons. The zero-order valence-corrected chi connectivity index (χ0v) is 17.4. The van der Waals surface area contributed by atoms with Crippen molar-refractivity contribution in [1.29, 1.82) is 0 Å². The lowest BCUT2D eigenvalue weighted by atomic mass is 10.1. The van der Waals surface area contributed by atoms with Crippen LogP contribution in [0.1, 0.15) is 28.8 Å². The number of rotatable bonds is 2. The molecule has 0 atom stereocenters. The molecular weight excluding hydrogens is 429 g/mol. The summed E-state index contributed by atoms with van der Waals surface area (Å²) in [6, 6.07) is 7.74. The molecule has 0 unspecified atom stereocenters. The van der Waals surface area contributed by atoms with Gasteiger partial charge in [-0.1, -0.05) is 0 Å². The Hall–Kier alpha value is -2.75. The van der Waals surface area contributed by atoms with Crippen LogP contribution in [0, 0.1) is 0 Å². The predicted molar refractivity (Wildman–Crippen MR) is 112 cm³/mol. The summed E-state index contributed by atoms with van der Waals surface area (Å²) in [4.78, 5) is 33.4. The fourth-order valence-electron chi connectivity index (χ4n) is 3.63. The normalized spacial score (nSPS) is 17.5. The zero-order valence-electron chi connectivity index (χ0n) is 16.6. The summed E-state index contributed by atoms with van der Waals surface area (Å²) in [7, 11) is 0. The van der Waals surface area contributed by atoms with Crippen LogP contribution in [-0.2, 0) is 11.0 Å². The SMILES string of the molecule is O=C1CCSc2ccc(C(=O)N3CCCN(c4ccc(C(F)(F)F)cn4)CC3)cc2N1. The number of thioether (sulfide) groups is 1. The van der Waals surface area contributed by atoms with E-state index in [9.17, 15) is 22.8 Å². The lowest BCUT2D eigenvalue weighted by molar-refractivity contribution is -0.137. The van der Waals surface area contributed by atoms with Gasteiger partial charge in [0.05, 0.1) is 11.3 Å². The molecule has 1 fully saturated rings. The molecule has 2 aliphatic heterocycles. The molecule has 6 nitrogen and oxygen atoms in total. The second-order valence-corrected chi connectivity index (χ2v) is 8.53. The third-order valence-electron chi connectivity index (χ3n) is 5.27. The van der Waals surface area contributed by atoms with E-state index in [4.69, 9.17) is 0 Å². The van der Waals surface area contributed by atoms with Gasteiger partial charge in [-0.3, -0.25) is 9.59 Å². The maximum absolute atomic E-state index is 13.1. The minimum atomic E-state index is -4.42. The second-order valence-electron chi connectivity index (χ2n) is 7.39. The summed E-state index contributed by atoms with van der Waals surface area (Å²) < 4.78 is 38.3. The third-order valence-corrected chi connectivity index (χ3v) is 6.34. The van der Waals surface area contributed by atoms with Crippen molar-refractivity contribution in [1.82, 2.24) is 9.88 Å². The molecule has 164 valence electrons. The number of amides is 2. The van der Waals surface area contributed by atoms with Gasteiger partial charge in [-0.15, -0.1) is 11.8 Å². The maximum atomic E-state index is 13.1. The number of benzene rings is 1. The molecule has 0 aliphatic carbocycles. The summed E-state index contributed by atoms with van der Waals surface area (Å²) in [5, 5.41) is 2.85. The third kappa shape index (κ3) is 4.95. The fraction of sp³-hybridized carbons (Fsp3) is 0.381. The van der Waals surface area contributed by atoms with E-state index in [0.29, 0.717) is 61.8 Å². The van der Waals surface area contributed by atoms with Crippen molar-refractivity contribution < 1.29 is 22.8 Å². The van der Waals surface area contributed by atoms with Crippen molar-refractivity contribution in [2.75, 3.05) is 42.1 Å². The Bertz CT molecular complexity index is 982. The van der Waals surface area contributed by atoms with Crippen LogP contribution in [0.4, 0.5) is 24.7 Å². The van der Waals surface area contributed by atoms with Crippen molar-refractivity contribution in [2.24, 2.45) is 0 Å². The van der Waals surface area contributed by atoms with Gasteiger partial charge >= 0.3 is 6.18 Å². The molecule has 1 N–H and O–H groups in total. The van der Waals surface area contributed by atoms with E-state index in [0.717, 1.165) is 17.2 Å². The summed E-state index contributed by atoms with van der Waals surface area (Å²) in [6.07, 6.45) is -2.47. The largest absolute Gasteiger partial charge is 0.417 e. The van der Waals surface area contributed by atoms with Crippen LogP contribution in [0.25, 0.3) is 0 Å². The Labute approximate surface area is 181 Å². The number of nitrogens with one attached hydrogen (secondary N) is 1. The van der Waals surface area contributed by atoms with Crippen LogP contribution < -0.4 is 10.2 Å². The highest BCUT2D eigenvalue weighted by Crippen LogP contribution is 2.32. The van der Waals surface area contributed by atoms with E-state index >= 15 is 0 Å². The Morgan fingerprint density at radius 1 is 1.10 bits per heavy atom. The number of pyridine rings is 1. The van der Waals surface area contributed by atoms with Crippen molar-refractivity contribution in [3.8, 4) is 0 Å². The summed E-state index contributed by atoms with van der Waals surface area (Å²) in [5.74, 6) is 0.970. The highest BCUT2D eigenvalue weighted by Gasteiger charge is 2.31. The Balaban J connectivity index is 1.44. The van der Waals surface area contributed by atoms with Gasteiger partial charge in [0.1, 0.15) is 5.82 Å². The van der Waals surface area contributed by atoms with Crippen LogP contribution in [0.3, 0.4) is 0 Å². The van der Waals surface area contributed by atoms with Gasteiger partial charge in [0.15, 0.2) is 0 Å². The molecule has 31 heavy (non-hydrogen) atoms. The van der Waals surface area contributed by atoms with Crippen molar-refractivity contribution in [3.63, 3.8) is 0 Å². The van der Waals surface area contributed by atoms with Gasteiger partial charge in [0, 0.05) is 55.0 Å². The molecule has 3 heterocycles. The number of hydrogen-bond acceptors (Lipinski definition) is 5. The van der Waals surface area contributed by atoms with E-state index in [2.05, 4.69) is 10.3 Å². The molecule has 0 bridgehead atoms. The van der Waals surface area contributed by atoms with E-state index < -0.39 is 11.7 Å². The monoisotopic (exact) mass is 450 g/mol. The molecule has 1 aromatic carbocycles. The molecule has 2 aromatic rings. The van der Waals surface area contributed by atoms with Crippen LogP contribution in [0.5, 0.6) is 0 Å². The number of anilines is 2. The first-order chi connectivity index (χ1) is 14.8. The highest BCUT2D eigenvalue weighted by atomic mass is 32.2. The minimum Gasteiger partial charge on any atom is -0.355 e. The van der Waals surface area contributed by atoms with Gasteiger partial charge in [0.2, 0.25) is 5.91 Å². The number of fused-ring (bicyclic) bond motifs is 1. The number of alkyl halides is 3. The van der Waals surface area contributed by atoms with Gasteiger partial charge in [-0.05, 0) is 36.8 Å². The van der Waals surface area contributed by atoms with Gasteiger partial charge in [0.25, 0.3) is 5.91 Å². The maximum Gasteiger partial charge on any atom is 0.417 e. The van der Waals surface area contributed by atoms with Crippen LogP contribution in [0.15, 0.2) is 41.4 Å². The Morgan fingerprint density at radius 2 is 1.94 bits per heavy atom. The summed E-state index contributed by atoms with van der Waals surface area (Å²) in [5.41, 5.74) is 0.378. The first-order valence-electron chi connectivity index (χ1n) is 9.95. The average molecular weight is 450 g/mol. The summed E-state index contributed by atoms with van der Waals surface area (Å²) >= 11 is 1.58. The number of carbonyl (C=O) groups is 2. The minimum absolute atomic E-state index is 0.0645. The van der Waals surface area contributed by atoms with E-state index in [1.165, 1.54) is 6.07 Å². The predicted octanol–water partition coefficient (Wildman–Crippen LogP) is 3.89. The van der Waals surface area contributed by atoms with Crippen LogP contribution in [0.2, 0.25) is 0 Å². The highest BCUT2D eigenvalue weighted by molar-refractivity contribution is 7.99. The fourth-order valence-corrected chi connectivity index (χ4v) is 4.56. The quantitative estimate of drug-likeness (QED) is 0.752.